The normalized spacial score (nSPS) is 11.4. The van der Waals surface area contributed by atoms with Crippen LogP contribution in [0.3, 0.4) is 0 Å². The number of rotatable bonds is 5. The Labute approximate surface area is 105 Å². The van der Waals surface area contributed by atoms with E-state index in [9.17, 15) is 8.42 Å². The Bertz CT molecular complexity index is 463. The molecule has 7 heteroatoms. The average Bonchev–Trinajstić information content (AvgIpc) is 2.20. The highest BCUT2D eigenvalue weighted by Gasteiger charge is 2.10. The maximum Gasteiger partial charge on any atom is 0.233 e. The molecule has 0 heterocycles. The summed E-state index contributed by atoms with van der Waals surface area (Å²) in [7, 11) is -1.65. The molecule has 0 fully saturated rings. The molecule has 0 aliphatic rings. The molecular formula is C9H12Cl2N2O2S. The summed E-state index contributed by atoms with van der Waals surface area (Å²) < 4.78 is 25.5. The predicted molar refractivity (Wildman–Crippen MR) is 67.8 cm³/mol. The summed E-state index contributed by atoms with van der Waals surface area (Å²) in [6.07, 6.45) is 0. The van der Waals surface area contributed by atoms with E-state index in [0.717, 1.165) is 0 Å². The Kier molecular flexibility index (Phi) is 4.86. The van der Waals surface area contributed by atoms with Crippen LogP contribution in [0.5, 0.6) is 0 Å². The van der Waals surface area contributed by atoms with Crippen molar-refractivity contribution in [2.75, 3.05) is 24.1 Å². The van der Waals surface area contributed by atoms with E-state index in [4.69, 9.17) is 23.2 Å². The Morgan fingerprint density at radius 2 is 1.94 bits per heavy atom. The molecule has 0 atom stereocenters. The van der Waals surface area contributed by atoms with Gasteiger partial charge in [0.2, 0.25) is 10.0 Å². The molecule has 4 nitrogen and oxygen atoms in total. The molecule has 0 aliphatic carbocycles. The van der Waals surface area contributed by atoms with Crippen molar-refractivity contribution in [3.05, 3.63) is 28.2 Å². The minimum atomic E-state index is -3.34. The molecule has 0 bridgehead atoms. The summed E-state index contributed by atoms with van der Waals surface area (Å²) in [6, 6.07) is 4.58. The number of anilines is 1. The monoisotopic (exact) mass is 282 g/mol. The lowest BCUT2D eigenvalue weighted by atomic mass is 10.3. The molecule has 0 spiro atoms. The van der Waals surface area contributed by atoms with Gasteiger partial charge in [0, 0.05) is 6.54 Å². The van der Waals surface area contributed by atoms with Gasteiger partial charge in [-0.15, -0.1) is 0 Å². The summed E-state index contributed by atoms with van der Waals surface area (Å²) in [6.45, 7) is 0.386. The fourth-order valence-electron chi connectivity index (χ4n) is 1.03. The fourth-order valence-corrected chi connectivity index (χ4v) is 2.39. The van der Waals surface area contributed by atoms with E-state index in [2.05, 4.69) is 10.0 Å². The molecule has 0 aromatic heterocycles. The summed E-state index contributed by atoms with van der Waals surface area (Å²) in [5.41, 5.74) is 0.408. The van der Waals surface area contributed by atoms with Crippen molar-refractivity contribution in [2.24, 2.45) is 0 Å². The predicted octanol–water partition coefficient (Wildman–Crippen LogP) is 1.95. The van der Waals surface area contributed by atoms with Crippen molar-refractivity contribution in [2.45, 2.75) is 0 Å². The van der Waals surface area contributed by atoms with Crippen LogP contribution in [0.2, 0.25) is 10.0 Å². The Morgan fingerprint density at radius 3 is 2.50 bits per heavy atom. The van der Waals surface area contributed by atoms with Crippen LogP contribution >= 0.6 is 23.2 Å². The Hall–Kier alpha value is -0.490. The van der Waals surface area contributed by atoms with Crippen molar-refractivity contribution in [3.63, 3.8) is 0 Å². The van der Waals surface area contributed by atoms with Crippen molar-refractivity contribution < 1.29 is 8.42 Å². The summed E-state index contributed by atoms with van der Waals surface area (Å²) in [4.78, 5) is 0. The number of hydrogen-bond acceptors (Lipinski definition) is 3. The quantitative estimate of drug-likeness (QED) is 0.868. The van der Waals surface area contributed by atoms with Crippen LogP contribution in [0.15, 0.2) is 18.2 Å². The molecule has 90 valence electrons. The van der Waals surface area contributed by atoms with Crippen LogP contribution in [0.25, 0.3) is 0 Å². The van der Waals surface area contributed by atoms with Crippen molar-refractivity contribution in [1.82, 2.24) is 5.32 Å². The first-order chi connectivity index (χ1) is 7.44. The molecule has 0 amide bonds. The molecule has 0 radical (unpaired) electrons. The molecule has 16 heavy (non-hydrogen) atoms. The first kappa shape index (κ1) is 13.6. The number of benzene rings is 1. The van der Waals surface area contributed by atoms with Gasteiger partial charge in [-0.2, -0.15) is 0 Å². The van der Waals surface area contributed by atoms with E-state index in [0.29, 0.717) is 22.3 Å². The smallest absolute Gasteiger partial charge is 0.233 e. The van der Waals surface area contributed by atoms with E-state index >= 15 is 0 Å². The van der Waals surface area contributed by atoms with E-state index in [1.165, 1.54) is 6.07 Å². The minimum absolute atomic E-state index is 0.00372. The number of hydrogen-bond donors (Lipinski definition) is 2. The van der Waals surface area contributed by atoms with Crippen molar-refractivity contribution in [1.29, 1.82) is 0 Å². The lowest BCUT2D eigenvalue weighted by Crippen LogP contribution is -2.24. The molecule has 0 aliphatic heterocycles. The molecular weight excluding hydrogens is 271 g/mol. The third-order valence-corrected chi connectivity index (χ3v) is 3.84. The molecule has 1 aromatic carbocycles. The van der Waals surface area contributed by atoms with E-state index in [-0.39, 0.29) is 5.75 Å². The first-order valence-corrected chi connectivity index (χ1v) is 6.95. The van der Waals surface area contributed by atoms with Crippen LogP contribution in [-0.4, -0.2) is 27.8 Å². The highest BCUT2D eigenvalue weighted by atomic mass is 35.5. The van der Waals surface area contributed by atoms with Gasteiger partial charge in [0.15, 0.2) is 0 Å². The zero-order valence-corrected chi connectivity index (χ0v) is 11.0. The second-order valence-electron chi connectivity index (χ2n) is 3.15. The molecule has 0 saturated heterocycles. The minimum Gasteiger partial charge on any atom is -0.319 e. The third kappa shape index (κ3) is 4.17. The van der Waals surface area contributed by atoms with Gasteiger partial charge in [-0.3, -0.25) is 4.72 Å². The van der Waals surface area contributed by atoms with Crippen molar-refractivity contribution >= 4 is 38.9 Å². The lowest BCUT2D eigenvalue weighted by molar-refractivity contribution is 0.599. The number of nitrogens with one attached hydrogen (secondary N) is 2. The lowest BCUT2D eigenvalue weighted by Gasteiger charge is -2.08. The number of sulfonamides is 1. The van der Waals surface area contributed by atoms with E-state index < -0.39 is 10.0 Å². The average molecular weight is 283 g/mol. The zero-order chi connectivity index (χ0) is 12.2. The second-order valence-corrected chi connectivity index (χ2v) is 5.81. The molecule has 0 saturated carbocycles. The van der Waals surface area contributed by atoms with Gasteiger partial charge < -0.3 is 5.32 Å². The van der Waals surface area contributed by atoms with Gasteiger partial charge in [-0.05, 0) is 25.2 Å². The standard InChI is InChI=1S/C9H12Cl2N2O2S/c1-12-4-5-16(14,15)13-7-2-3-8(10)9(11)6-7/h2-3,6,12-13H,4-5H2,1H3. The summed E-state index contributed by atoms with van der Waals surface area (Å²) in [5.74, 6) is 0.00372. The first-order valence-electron chi connectivity index (χ1n) is 4.55. The third-order valence-electron chi connectivity index (χ3n) is 1.81. The number of halogens is 2. The van der Waals surface area contributed by atoms with Crippen LogP contribution in [-0.2, 0) is 10.0 Å². The maximum atomic E-state index is 11.5. The second kappa shape index (κ2) is 5.72. The zero-order valence-electron chi connectivity index (χ0n) is 8.63. The van der Waals surface area contributed by atoms with E-state index in [1.54, 1.807) is 19.2 Å². The highest BCUT2D eigenvalue weighted by molar-refractivity contribution is 7.92. The maximum absolute atomic E-state index is 11.5. The SMILES string of the molecule is CNCCS(=O)(=O)Nc1ccc(Cl)c(Cl)c1. The van der Waals surface area contributed by atoms with Gasteiger partial charge in [0.05, 0.1) is 21.5 Å². The van der Waals surface area contributed by atoms with Gasteiger partial charge in [-0.1, -0.05) is 23.2 Å². The van der Waals surface area contributed by atoms with E-state index in [1.807, 2.05) is 0 Å². The van der Waals surface area contributed by atoms with Crippen LogP contribution in [0.1, 0.15) is 0 Å². The Balaban J connectivity index is 2.76. The van der Waals surface area contributed by atoms with Crippen LogP contribution in [0, 0.1) is 0 Å². The van der Waals surface area contributed by atoms with Gasteiger partial charge in [0.1, 0.15) is 0 Å². The fraction of sp³-hybridized carbons (Fsp3) is 0.333. The molecule has 0 unspecified atom stereocenters. The van der Waals surface area contributed by atoms with Crippen LogP contribution in [0.4, 0.5) is 5.69 Å². The molecule has 1 rings (SSSR count). The van der Waals surface area contributed by atoms with Crippen molar-refractivity contribution in [3.8, 4) is 0 Å². The van der Waals surface area contributed by atoms with Crippen LogP contribution < -0.4 is 10.0 Å². The molecule has 1 aromatic rings. The summed E-state index contributed by atoms with van der Waals surface area (Å²) >= 11 is 11.5. The van der Waals surface area contributed by atoms with Gasteiger partial charge >= 0.3 is 0 Å². The highest BCUT2D eigenvalue weighted by Crippen LogP contribution is 2.25. The Morgan fingerprint density at radius 1 is 1.25 bits per heavy atom. The summed E-state index contributed by atoms with van der Waals surface area (Å²) in [5, 5.41) is 3.47. The topological polar surface area (TPSA) is 58.2 Å². The largest absolute Gasteiger partial charge is 0.319 e. The van der Waals surface area contributed by atoms with Gasteiger partial charge in [-0.25, -0.2) is 8.42 Å². The van der Waals surface area contributed by atoms with Gasteiger partial charge in [0.25, 0.3) is 0 Å². The molecule has 2 N–H and O–H groups in total.